The lowest BCUT2D eigenvalue weighted by Crippen LogP contribution is -2.52. The molecular formula is C21H23NO4. The quantitative estimate of drug-likeness (QED) is 0.738. The van der Waals surface area contributed by atoms with Crippen molar-refractivity contribution in [3.8, 4) is 5.75 Å². The van der Waals surface area contributed by atoms with E-state index in [1.807, 2.05) is 26.0 Å². The maximum Gasteiger partial charge on any atom is 0.257 e. The molecule has 3 N–H and O–H groups in total. The number of hydrogen-bond donors (Lipinski definition) is 3. The summed E-state index contributed by atoms with van der Waals surface area (Å²) in [5.74, 6) is -0.490. The number of methoxy groups -OCH3 is 1. The van der Waals surface area contributed by atoms with Crippen molar-refractivity contribution in [1.82, 2.24) is 0 Å². The van der Waals surface area contributed by atoms with E-state index >= 15 is 0 Å². The third kappa shape index (κ3) is 2.89. The van der Waals surface area contributed by atoms with Crippen LogP contribution in [0.2, 0.25) is 0 Å². The molecule has 1 amide bonds. The number of fused-ring (bicyclic) bond motifs is 1. The second-order valence-corrected chi connectivity index (χ2v) is 6.72. The summed E-state index contributed by atoms with van der Waals surface area (Å²) < 4.78 is 5.34. The summed E-state index contributed by atoms with van der Waals surface area (Å²) in [6.45, 7) is 3.97. The van der Waals surface area contributed by atoms with E-state index in [0.717, 1.165) is 5.57 Å². The second kappa shape index (κ2) is 6.94. The van der Waals surface area contributed by atoms with Crippen LogP contribution in [0, 0.1) is 0 Å². The van der Waals surface area contributed by atoms with Gasteiger partial charge in [0.15, 0.2) is 11.7 Å². The average molecular weight is 353 g/mol. The number of phenolic OH excluding ortho intramolecular Hbond substituents is 1. The van der Waals surface area contributed by atoms with E-state index in [2.05, 4.69) is 5.32 Å². The molecule has 0 aromatic heterocycles. The molecule has 2 aromatic carbocycles. The number of hydrogen-bond acceptors (Lipinski definition) is 4. The molecule has 1 aliphatic heterocycles. The zero-order valence-electron chi connectivity index (χ0n) is 15.1. The van der Waals surface area contributed by atoms with Crippen LogP contribution in [0.4, 0.5) is 5.69 Å². The number of amides is 1. The number of rotatable bonds is 4. The van der Waals surface area contributed by atoms with Gasteiger partial charge in [-0.25, -0.2) is 0 Å². The smallest absolute Gasteiger partial charge is 0.257 e. The van der Waals surface area contributed by atoms with Crippen molar-refractivity contribution in [1.29, 1.82) is 0 Å². The van der Waals surface area contributed by atoms with Gasteiger partial charge in [-0.1, -0.05) is 48.0 Å². The molecule has 0 radical (unpaired) electrons. The van der Waals surface area contributed by atoms with Crippen LogP contribution in [0.15, 0.2) is 54.1 Å². The van der Waals surface area contributed by atoms with Crippen molar-refractivity contribution in [3.63, 3.8) is 0 Å². The van der Waals surface area contributed by atoms with Crippen molar-refractivity contribution in [2.75, 3.05) is 12.4 Å². The van der Waals surface area contributed by atoms with E-state index in [1.54, 1.807) is 36.4 Å². The van der Waals surface area contributed by atoms with Gasteiger partial charge in [-0.15, -0.1) is 0 Å². The summed E-state index contributed by atoms with van der Waals surface area (Å²) in [7, 11) is 1.37. The third-order valence-electron chi connectivity index (χ3n) is 4.70. The summed E-state index contributed by atoms with van der Waals surface area (Å²) >= 11 is 0. The van der Waals surface area contributed by atoms with Crippen molar-refractivity contribution >= 4 is 11.6 Å². The molecule has 1 heterocycles. The fourth-order valence-electron chi connectivity index (χ4n) is 3.39. The van der Waals surface area contributed by atoms with E-state index in [9.17, 15) is 15.0 Å². The number of phenols is 1. The van der Waals surface area contributed by atoms with Gasteiger partial charge in [-0.2, -0.15) is 0 Å². The average Bonchev–Trinajstić information content (AvgIpc) is 2.61. The molecule has 0 saturated heterocycles. The van der Waals surface area contributed by atoms with Crippen LogP contribution in [0.1, 0.15) is 30.5 Å². The second-order valence-electron chi connectivity index (χ2n) is 6.72. The highest BCUT2D eigenvalue weighted by atomic mass is 16.5. The van der Waals surface area contributed by atoms with Crippen LogP contribution in [0.25, 0.3) is 0 Å². The van der Waals surface area contributed by atoms with E-state index in [-0.39, 0.29) is 11.3 Å². The topological polar surface area (TPSA) is 78.8 Å². The molecule has 26 heavy (non-hydrogen) atoms. The fraction of sp³-hybridized carbons (Fsp3) is 0.286. The predicted octanol–water partition coefficient (Wildman–Crippen LogP) is 3.10. The number of benzene rings is 2. The number of aromatic hydroxyl groups is 1. The van der Waals surface area contributed by atoms with Crippen molar-refractivity contribution in [3.05, 3.63) is 70.8 Å². The summed E-state index contributed by atoms with van der Waals surface area (Å²) in [6, 6.07) is 12.3. The Morgan fingerprint density at radius 3 is 2.54 bits per heavy atom. The van der Waals surface area contributed by atoms with Gasteiger partial charge in [-0.3, -0.25) is 4.79 Å². The molecule has 2 aromatic rings. The number of carbonyl (C=O) groups excluding carboxylic acids is 1. The summed E-state index contributed by atoms with van der Waals surface area (Å²) in [5, 5.41) is 25.3. The Kier molecular flexibility index (Phi) is 4.85. The Balaban J connectivity index is 2.26. The lowest BCUT2D eigenvalue weighted by atomic mass is 9.76. The highest BCUT2D eigenvalue weighted by Gasteiger charge is 2.51. The van der Waals surface area contributed by atoms with Crippen molar-refractivity contribution < 1.29 is 19.7 Å². The van der Waals surface area contributed by atoms with Gasteiger partial charge in [0.05, 0.1) is 11.3 Å². The van der Waals surface area contributed by atoms with Crippen molar-refractivity contribution in [2.24, 2.45) is 0 Å². The first kappa shape index (κ1) is 18.2. The van der Waals surface area contributed by atoms with Gasteiger partial charge in [0.25, 0.3) is 5.91 Å². The minimum atomic E-state index is -1.79. The van der Waals surface area contributed by atoms with Crippen LogP contribution in [0.5, 0.6) is 5.75 Å². The van der Waals surface area contributed by atoms with Crippen LogP contribution < -0.4 is 5.32 Å². The number of allylic oxidation sites excluding steroid dienone is 2. The van der Waals surface area contributed by atoms with E-state index in [4.69, 9.17) is 4.74 Å². The Labute approximate surface area is 152 Å². The monoisotopic (exact) mass is 353 g/mol. The number of aliphatic hydroxyl groups is 1. The molecule has 5 nitrogen and oxygen atoms in total. The fourth-order valence-corrected chi connectivity index (χ4v) is 3.39. The molecule has 0 saturated carbocycles. The Hall–Kier alpha value is -2.63. The predicted molar refractivity (Wildman–Crippen MR) is 100 cm³/mol. The summed E-state index contributed by atoms with van der Waals surface area (Å²) in [5.41, 5.74) is 1.13. The maximum absolute atomic E-state index is 12.5. The Morgan fingerprint density at radius 1 is 1.23 bits per heavy atom. The first-order valence-electron chi connectivity index (χ1n) is 8.49. The SMILES string of the molecule is COC1C(=O)Nc2ccc(CC=C(C)C)c(O)c2C1(O)c1ccccc1. The molecule has 0 spiro atoms. The van der Waals surface area contributed by atoms with E-state index < -0.39 is 17.6 Å². The molecule has 2 unspecified atom stereocenters. The lowest BCUT2D eigenvalue weighted by molar-refractivity contribution is -0.142. The normalized spacial score (nSPS) is 21.7. The van der Waals surface area contributed by atoms with Crippen LogP contribution in [0.3, 0.4) is 0 Å². The highest BCUT2D eigenvalue weighted by Crippen LogP contribution is 2.47. The third-order valence-corrected chi connectivity index (χ3v) is 4.70. The molecule has 1 aliphatic rings. The largest absolute Gasteiger partial charge is 0.507 e. The van der Waals surface area contributed by atoms with Crippen molar-refractivity contribution in [2.45, 2.75) is 32.0 Å². The highest BCUT2D eigenvalue weighted by molar-refractivity contribution is 6.00. The Morgan fingerprint density at radius 2 is 1.92 bits per heavy atom. The zero-order valence-corrected chi connectivity index (χ0v) is 15.1. The molecular weight excluding hydrogens is 330 g/mol. The molecule has 0 aliphatic carbocycles. The molecule has 0 bridgehead atoms. The van der Waals surface area contributed by atoms with Gasteiger partial charge in [0, 0.05) is 7.11 Å². The first-order chi connectivity index (χ1) is 12.4. The number of ether oxygens (including phenoxy) is 1. The summed E-state index contributed by atoms with van der Waals surface area (Å²) in [4.78, 5) is 12.5. The zero-order chi connectivity index (χ0) is 18.9. The van der Waals surface area contributed by atoms with Gasteiger partial charge in [-0.05, 0) is 37.5 Å². The molecule has 0 fully saturated rings. The molecule has 3 rings (SSSR count). The first-order valence-corrected chi connectivity index (χ1v) is 8.49. The van der Waals surface area contributed by atoms with Gasteiger partial charge in [0.2, 0.25) is 0 Å². The van der Waals surface area contributed by atoms with E-state index in [1.165, 1.54) is 7.11 Å². The number of nitrogens with one attached hydrogen (secondary N) is 1. The maximum atomic E-state index is 12.5. The van der Waals surface area contributed by atoms with Crippen LogP contribution >= 0.6 is 0 Å². The number of carbonyl (C=O) groups is 1. The summed E-state index contributed by atoms with van der Waals surface area (Å²) in [6.07, 6.45) is 1.35. The minimum absolute atomic E-state index is 0.0339. The van der Waals surface area contributed by atoms with Crippen LogP contribution in [-0.4, -0.2) is 29.3 Å². The molecule has 136 valence electrons. The standard InChI is InChI=1S/C21H23NO4/c1-13(2)9-10-14-11-12-16-17(18(14)23)21(25,15-7-5-4-6-8-15)19(26-3)20(24)22-16/h4-9,11-12,19,23,25H,10H2,1-3H3,(H,22,24). The molecule has 2 atom stereocenters. The number of anilines is 1. The van der Waals surface area contributed by atoms with E-state index in [0.29, 0.717) is 23.2 Å². The van der Waals surface area contributed by atoms with Gasteiger partial charge in [0.1, 0.15) is 5.75 Å². The minimum Gasteiger partial charge on any atom is -0.507 e. The Bertz CT molecular complexity index is 856. The molecule has 5 heteroatoms. The van der Waals surface area contributed by atoms with Crippen LogP contribution in [-0.2, 0) is 21.6 Å². The van der Waals surface area contributed by atoms with Gasteiger partial charge >= 0.3 is 0 Å². The lowest BCUT2D eigenvalue weighted by Gasteiger charge is -2.40. The van der Waals surface area contributed by atoms with Gasteiger partial charge < -0.3 is 20.3 Å².